The number of aryl methyl sites for hydroxylation is 1. The van der Waals surface area contributed by atoms with Crippen LogP contribution in [0.1, 0.15) is 5.69 Å². The minimum absolute atomic E-state index is 0.545. The van der Waals surface area contributed by atoms with Gasteiger partial charge >= 0.3 is 0 Å². The minimum Gasteiger partial charge on any atom is -0.384 e. The first-order chi connectivity index (χ1) is 6.74. The van der Waals surface area contributed by atoms with Crippen molar-refractivity contribution in [2.45, 2.75) is 16.2 Å². The Hall–Kier alpha value is -1.07. The second kappa shape index (κ2) is 3.98. The van der Waals surface area contributed by atoms with E-state index in [1.807, 2.05) is 24.4 Å². The van der Waals surface area contributed by atoms with Gasteiger partial charge in [-0.1, -0.05) is 11.8 Å². The maximum Gasteiger partial charge on any atom is 0.154 e. The van der Waals surface area contributed by atoms with E-state index >= 15 is 0 Å². The molecule has 72 valence electrons. The molecule has 14 heavy (non-hydrogen) atoms. The van der Waals surface area contributed by atoms with E-state index in [-0.39, 0.29) is 0 Å². The summed E-state index contributed by atoms with van der Waals surface area (Å²) in [6.45, 7) is 1.99. The van der Waals surface area contributed by atoms with Crippen LogP contribution in [-0.2, 0) is 0 Å². The number of hydrogen-bond donors (Lipinski definition) is 1. The van der Waals surface area contributed by atoms with Gasteiger partial charge in [0.1, 0.15) is 5.82 Å². The molecule has 0 atom stereocenters. The second-order valence-electron chi connectivity index (χ2n) is 2.77. The summed E-state index contributed by atoms with van der Waals surface area (Å²) in [5.74, 6) is 0.545. The smallest absolute Gasteiger partial charge is 0.154 e. The molecule has 0 aromatic carbocycles. The van der Waals surface area contributed by atoms with E-state index in [9.17, 15) is 0 Å². The number of nitrogens with zero attached hydrogens (tertiary/aromatic N) is 2. The van der Waals surface area contributed by atoms with Gasteiger partial charge in [-0.25, -0.2) is 9.97 Å². The number of anilines is 1. The molecule has 0 spiro atoms. The van der Waals surface area contributed by atoms with Crippen molar-refractivity contribution < 1.29 is 0 Å². The van der Waals surface area contributed by atoms with Gasteiger partial charge in [-0.3, -0.25) is 0 Å². The van der Waals surface area contributed by atoms with Crippen molar-refractivity contribution in [2.24, 2.45) is 0 Å². The number of pyridine rings is 1. The monoisotopic (exact) mass is 223 g/mol. The van der Waals surface area contributed by atoms with Crippen LogP contribution in [0.15, 0.2) is 32.9 Å². The van der Waals surface area contributed by atoms with E-state index in [0.29, 0.717) is 5.82 Å². The highest BCUT2D eigenvalue weighted by molar-refractivity contribution is 8.01. The van der Waals surface area contributed by atoms with Crippen molar-refractivity contribution >= 4 is 28.9 Å². The van der Waals surface area contributed by atoms with Gasteiger partial charge in [0.15, 0.2) is 4.34 Å². The summed E-state index contributed by atoms with van der Waals surface area (Å²) in [7, 11) is 0. The Bertz CT molecular complexity index is 439. The summed E-state index contributed by atoms with van der Waals surface area (Å²) in [6.07, 6.45) is 1.71. The van der Waals surface area contributed by atoms with Crippen molar-refractivity contribution in [3.63, 3.8) is 0 Å². The van der Waals surface area contributed by atoms with Crippen LogP contribution in [0.2, 0.25) is 0 Å². The molecule has 0 saturated carbocycles. The van der Waals surface area contributed by atoms with Crippen molar-refractivity contribution in [2.75, 3.05) is 5.73 Å². The highest BCUT2D eigenvalue weighted by Crippen LogP contribution is 2.30. The van der Waals surface area contributed by atoms with E-state index in [4.69, 9.17) is 5.73 Å². The highest BCUT2D eigenvalue weighted by Gasteiger charge is 2.01. The fourth-order valence-electron chi connectivity index (χ4n) is 0.971. The first kappa shape index (κ1) is 9.48. The lowest BCUT2D eigenvalue weighted by Gasteiger charge is -1.97. The van der Waals surface area contributed by atoms with Crippen molar-refractivity contribution in [3.8, 4) is 0 Å². The molecule has 0 aliphatic rings. The quantitative estimate of drug-likeness (QED) is 0.850. The van der Waals surface area contributed by atoms with Crippen LogP contribution in [0, 0.1) is 6.92 Å². The third kappa shape index (κ3) is 2.24. The lowest BCUT2D eigenvalue weighted by Crippen LogP contribution is -1.88. The van der Waals surface area contributed by atoms with Crippen molar-refractivity contribution in [3.05, 3.63) is 29.4 Å². The van der Waals surface area contributed by atoms with Crippen LogP contribution < -0.4 is 5.73 Å². The lowest BCUT2D eigenvalue weighted by molar-refractivity contribution is 1.16. The summed E-state index contributed by atoms with van der Waals surface area (Å²) < 4.78 is 1.04. The summed E-state index contributed by atoms with van der Waals surface area (Å²) in [6, 6.07) is 3.78. The standard InChI is InChI=1S/C9H9N3S2/c1-6-5-13-9(12-6)14-7-2-3-11-8(10)4-7/h2-5H,1H3,(H2,10,11). The van der Waals surface area contributed by atoms with Crippen LogP contribution >= 0.6 is 23.1 Å². The number of aromatic nitrogens is 2. The molecule has 0 unspecified atom stereocenters. The SMILES string of the molecule is Cc1csc(Sc2ccnc(N)c2)n1. The maximum atomic E-state index is 5.58. The molecule has 2 aromatic rings. The van der Waals surface area contributed by atoms with E-state index in [1.165, 1.54) is 0 Å². The molecule has 0 bridgehead atoms. The summed E-state index contributed by atoms with van der Waals surface area (Å²) in [5.41, 5.74) is 6.63. The van der Waals surface area contributed by atoms with Gasteiger partial charge in [0, 0.05) is 22.2 Å². The normalized spacial score (nSPS) is 10.4. The van der Waals surface area contributed by atoms with Gasteiger partial charge in [-0.2, -0.15) is 0 Å². The largest absolute Gasteiger partial charge is 0.384 e. The Kier molecular flexibility index (Phi) is 2.69. The third-order valence-electron chi connectivity index (χ3n) is 1.56. The highest BCUT2D eigenvalue weighted by atomic mass is 32.2. The van der Waals surface area contributed by atoms with Gasteiger partial charge in [0.05, 0.1) is 0 Å². The topological polar surface area (TPSA) is 51.8 Å². The summed E-state index contributed by atoms with van der Waals surface area (Å²) in [4.78, 5) is 9.37. The zero-order chi connectivity index (χ0) is 9.97. The Labute approximate surface area is 90.4 Å². The van der Waals surface area contributed by atoms with Gasteiger partial charge in [-0.05, 0) is 19.1 Å². The number of rotatable bonds is 2. The number of thiazole rings is 1. The average molecular weight is 223 g/mol. The molecular weight excluding hydrogens is 214 g/mol. The van der Waals surface area contributed by atoms with Crippen LogP contribution in [0.3, 0.4) is 0 Å². The molecule has 3 nitrogen and oxygen atoms in total. The van der Waals surface area contributed by atoms with Gasteiger partial charge in [0.25, 0.3) is 0 Å². The predicted molar refractivity (Wildman–Crippen MR) is 59.6 cm³/mol. The van der Waals surface area contributed by atoms with E-state index in [2.05, 4.69) is 9.97 Å². The lowest BCUT2D eigenvalue weighted by atomic mass is 10.5. The van der Waals surface area contributed by atoms with Crippen molar-refractivity contribution in [1.29, 1.82) is 0 Å². The molecular formula is C9H9N3S2. The van der Waals surface area contributed by atoms with Crippen LogP contribution in [-0.4, -0.2) is 9.97 Å². The van der Waals surface area contributed by atoms with Crippen molar-refractivity contribution in [1.82, 2.24) is 9.97 Å². The molecule has 2 N–H and O–H groups in total. The number of nitrogen functional groups attached to an aromatic ring is 1. The van der Waals surface area contributed by atoms with Gasteiger partial charge < -0.3 is 5.73 Å². The molecule has 0 amide bonds. The minimum atomic E-state index is 0.545. The van der Waals surface area contributed by atoms with Crippen LogP contribution in [0.5, 0.6) is 0 Å². The van der Waals surface area contributed by atoms with E-state index in [1.54, 1.807) is 29.3 Å². The maximum absolute atomic E-state index is 5.58. The molecule has 5 heteroatoms. The fraction of sp³-hybridized carbons (Fsp3) is 0.111. The average Bonchev–Trinajstić information content (AvgIpc) is 2.51. The first-order valence-corrected chi connectivity index (χ1v) is 5.75. The number of nitrogens with two attached hydrogens (primary N) is 1. The van der Waals surface area contributed by atoms with Gasteiger partial charge in [-0.15, -0.1) is 11.3 Å². The fourth-order valence-corrected chi connectivity index (χ4v) is 2.82. The summed E-state index contributed by atoms with van der Waals surface area (Å²) in [5, 5.41) is 2.03. The molecule has 0 aliphatic carbocycles. The summed E-state index contributed by atoms with van der Waals surface area (Å²) >= 11 is 3.25. The molecule has 2 rings (SSSR count). The Morgan fingerprint density at radius 2 is 2.36 bits per heavy atom. The molecule has 0 fully saturated rings. The molecule has 2 heterocycles. The van der Waals surface area contributed by atoms with Crippen LogP contribution in [0.4, 0.5) is 5.82 Å². The first-order valence-electron chi connectivity index (χ1n) is 4.05. The second-order valence-corrected chi connectivity index (χ2v) is 4.95. The van der Waals surface area contributed by atoms with Gasteiger partial charge in [0.2, 0.25) is 0 Å². The molecule has 0 radical (unpaired) electrons. The molecule has 2 aromatic heterocycles. The van der Waals surface area contributed by atoms with Crippen LogP contribution in [0.25, 0.3) is 0 Å². The predicted octanol–water partition coefficient (Wildman–Crippen LogP) is 2.58. The Morgan fingerprint density at radius 1 is 1.50 bits per heavy atom. The van der Waals surface area contributed by atoms with E-state index < -0.39 is 0 Å². The molecule has 0 saturated heterocycles. The zero-order valence-electron chi connectivity index (χ0n) is 7.60. The zero-order valence-corrected chi connectivity index (χ0v) is 9.23. The number of hydrogen-bond acceptors (Lipinski definition) is 5. The van der Waals surface area contributed by atoms with E-state index in [0.717, 1.165) is 14.9 Å². The Balaban J connectivity index is 2.18. The third-order valence-corrected chi connectivity index (χ3v) is 3.60. The Morgan fingerprint density at radius 3 is 3.00 bits per heavy atom. The molecule has 0 aliphatic heterocycles.